The van der Waals surface area contributed by atoms with Crippen molar-refractivity contribution in [3.05, 3.63) is 57.9 Å². The molecule has 2 N–H and O–H groups in total. The molecule has 1 aromatic heterocycles. The van der Waals surface area contributed by atoms with Crippen LogP contribution in [0.1, 0.15) is 50.8 Å². The first-order valence-electron chi connectivity index (χ1n) is 8.84. The van der Waals surface area contributed by atoms with Gasteiger partial charge in [-0.1, -0.05) is 45.0 Å². The summed E-state index contributed by atoms with van der Waals surface area (Å²) in [6.07, 6.45) is 2.14. The first kappa shape index (κ1) is 21.1. The lowest BCUT2D eigenvalue weighted by molar-refractivity contribution is -0.385. The number of aliphatic carboxylic acids is 1. The number of hydrogen-bond acceptors (Lipinski definition) is 5. The SMILES string of the molecule is CC(C)(C)c1ccc(C(CC(=O)O)NC(=O)CCn2cc([N+](=O)[O-])cn2)cc1. The van der Waals surface area contributed by atoms with E-state index in [-0.39, 0.29) is 36.4 Å². The first-order chi connectivity index (χ1) is 13.1. The molecule has 0 aliphatic heterocycles. The van der Waals surface area contributed by atoms with E-state index in [0.29, 0.717) is 5.56 Å². The van der Waals surface area contributed by atoms with Crippen LogP contribution < -0.4 is 5.32 Å². The van der Waals surface area contributed by atoms with Crippen molar-refractivity contribution in [2.24, 2.45) is 0 Å². The Bertz CT molecular complexity index is 852. The van der Waals surface area contributed by atoms with Crippen molar-refractivity contribution in [2.75, 3.05) is 0 Å². The topological polar surface area (TPSA) is 127 Å². The highest BCUT2D eigenvalue weighted by Crippen LogP contribution is 2.25. The predicted octanol–water partition coefficient (Wildman–Crippen LogP) is 2.81. The summed E-state index contributed by atoms with van der Waals surface area (Å²) < 4.78 is 1.31. The lowest BCUT2D eigenvalue weighted by Gasteiger charge is -2.22. The van der Waals surface area contributed by atoms with Crippen LogP contribution in [-0.4, -0.2) is 31.7 Å². The number of hydrogen-bond donors (Lipinski definition) is 2. The molecule has 9 heteroatoms. The summed E-state index contributed by atoms with van der Waals surface area (Å²) in [6.45, 7) is 6.40. The highest BCUT2D eigenvalue weighted by Gasteiger charge is 2.20. The summed E-state index contributed by atoms with van der Waals surface area (Å²) in [6, 6.07) is 6.85. The van der Waals surface area contributed by atoms with Crippen molar-refractivity contribution < 1.29 is 19.6 Å². The minimum Gasteiger partial charge on any atom is -0.481 e. The van der Waals surface area contributed by atoms with Crippen LogP contribution in [0.15, 0.2) is 36.7 Å². The molecule has 1 heterocycles. The van der Waals surface area contributed by atoms with E-state index >= 15 is 0 Å². The number of amides is 1. The van der Waals surface area contributed by atoms with E-state index in [0.717, 1.165) is 11.8 Å². The van der Waals surface area contributed by atoms with E-state index < -0.39 is 16.9 Å². The average Bonchev–Trinajstić information content (AvgIpc) is 3.08. The molecule has 9 nitrogen and oxygen atoms in total. The highest BCUT2D eigenvalue weighted by molar-refractivity contribution is 5.77. The predicted molar refractivity (Wildman–Crippen MR) is 102 cm³/mol. The van der Waals surface area contributed by atoms with Gasteiger partial charge >= 0.3 is 11.7 Å². The standard InChI is InChI=1S/C19H24N4O5/c1-19(2,3)14-6-4-13(5-7-14)16(10-18(25)26)21-17(24)8-9-22-12-15(11-20-22)23(27)28/h4-7,11-12,16H,8-10H2,1-3H3,(H,21,24)(H,25,26). The Morgan fingerprint density at radius 2 is 1.93 bits per heavy atom. The molecule has 0 bridgehead atoms. The van der Waals surface area contributed by atoms with Crippen LogP contribution in [0.2, 0.25) is 0 Å². The van der Waals surface area contributed by atoms with E-state index in [4.69, 9.17) is 0 Å². The maximum atomic E-state index is 12.3. The zero-order valence-electron chi connectivity index (χ0n) is 16.1. The van der Waals surface area contributed by atoms with Crippen molar-refractivity contribution >= 4 is 17.6 Å². The largest absolute Gasteiger partial charge is 0.481 e. The van der Waals surface area contributed by atoms with Gasteiger partial charge in [0.05, 0.1) is 17.4 Å². The van der Waals surface area contributed by atoms with E-state index in [1.807, 2.05) is 24.3 Å². The Morgan fingerprint density at radius 1 is 1.29 bits per heavy atom. The molecule has 0 fully saturated rings. The second-order valence-corrected chi connectivity index (χ2v) is 7.56. The quantitative estimate of drug-likeness (QED) is 0.529. The lowest BCUT2D eigenvalue weighted by atomic mass is 9.86. The van der Waals surface area contributed by atoms with Crippen molar-refractivity contribution in [1.29, 1.82) is 0 Å². The van der Waals surface area contributed by atoms with Gasteiger partial charge in [-0.3, -0.25) is 24.4 Å². The van der Waals surface area contributed by atoms with Gasteiger partial charge in [-0.05, 0) is 16.5 Å². The number of aromatic nitrogens is 2. The Balaban J connectivity index is 2.03. The van der Waals surface area contributed by atoms with Gasteiger partial charge < -0.3 is 10.4 Å². The van der Waals surface area contributed by atoms with Gasteiger partial charge in [-0.15, -0.1) is 0 Å². The van der Waals surface area contributed by atoms with E-state index in [1.54, 1.807) is 0 Å². The average molecular weight is 388 g/mol. The number of rotatable bonds is 8. The Labute approximate surface area is 162 Å². The molecular weight excluding hydrogens is 364 g/mol. The summed E-state index contributed by atoms with van der Waals surface area (Å²) in [5.41, 5.74) is 1.63. The van der Waals surface area contributed by atoms with Crippen LogP contribution in [-0.2, 0) is 21.5 Å². The molecule has 2 rings (SSSR count). The normalized spacial score (nSPS) is 12.4. The van der Waals surface area contributed by atoms with Gasteiger partial charge in [-0.2, -0.15) is 5.10 Å². The number of nitro groups is 1. The van der Waals surface area contributed by atoms with E-state index in [1.165, 1.54) is 10.9 Å². The van der Waals surface area contributed by atoms with Crippen molar-refractivity contribution in [3.63, 3.8) is 0 Å². The van der Waals surface area contributed by atoms with Crippen LogP contribution in [0.25, 0.3) is 0 Å². The van der Waals surface area contributed by atoms with Crippen LogP contribution in [0, 0.1) is 10.1 Å². The second-order valence-electron chi connectivity index (χ2n) is 7.56. The first-order valence-corrected chi connectivity index (χ1v) is 8.84. The lowest BCUT2D eigenvalue weighted by Crippen LogP contribution is -2.31. The van der Waals surface area contributed by atoms with Gasteiger partial charge in [0.15, 0.2) is 0 Å². The molecule has 2 aromatic rings. The second kappa shape index (κ2) is 8.64. The number of carboxylic acid groups (broad SMARTS) is 1. The fourth-order valence-corrected chi connectivity index (χ4v) is 2.69. The third-order valence-electron chi connectivity index (χ3n) is 4.29. The van der Waals surface area contributed by atoms with Crippen LogP contribution in [0.3, 0.4) is 0 Å². The minimum absolute atomic E-state index is 0.0228. The van der Waals surface area contributed by atoms with Gasteiger partial charge in [-0.25, -0.2) is 0 Å². The molecule has 0 spiro atoms. The number of carbonyl (C=O) groups excluding carboxylic acids is 1. The van der Waals surface area contributed by atoms with Crippen LogP contribution in [0.4, 0.5) is 5.69 Å². The maximum absolute atomic E-state index is 12.3. The van der Waals surface area contributed by atoms with Crippen molar-refractivity contribution in [3.8, 4) is 0 Å². The summed E-state index contributed by atoms with van der Waals surface area (Å²) in [5.74, 6) is -1.38. The fourth-order valence-electron chi connectivity index (χ4n) is 2.69. The number of benzene rings is 1. The van der Waals surface area contributed by atoms with Crippen LogP contribution in [0.5, 0.6) is 0 Å². The third kappa shape index (κ3) is 5.90. The number of nitrogens with zero attached hydrogens (tertiary/aromatic N) is 3. The van der Waals surface area contributed by atoms with Gasteiger partial charge in [0.2, 0.25) is 5.91 Å². The molecule has 1 unspecified atom stereocenters. The molecule has 1 aromatic carbocycles. The van der Waals surface area contributed by atoms with E-state index in [2.05, 4.69) is 31.2 Å². The van der Waals surface area contributed by atoms with Gasteiger partial charge in [0.1, 0.15) is 12.4 Å². The Kier molecular flexibility index (Phi) is 6.50. The zero-order chi connectivity index (χ0) is 20.9. The minimum atomic E-state index is -1.02. The molecule has 0 saturated heterocycles. The molecule has 1 atom stereocenters. The molecule has 0 aliphatic carbocycles. The summed E-state index contributed by atoms with van der Waals surface area (Å²) >= 11 is 0. The van der Waals surface area contributed by atoms with Gasteiger partial charge in [0.25, 0.3) is 0 Å². The monoisotopic (exact) mass is 388 g/mol. The summed E-state index contributed by atoms with van der Waals surface area (Å²) in [5, 5.41) is 26.4. The maximum Gasteiger partial charge on any atom is 0.306 e. The summed E-state index contributed by atoms with van der Waals surface area (Å²) in [4.78, 5) is 33.6. The number of nitrogens with one attached hydrogen (secondary N) is 1. The number of carbonyl (C=O) groups is 2. The molecule has 0 saturated carbocycles. The number of aryl methyl sites for hydroxylation is 1. The Hall–Kier alpha value is -3.23. The third-order valence-corrected chi connectivity index (χ3v) is 4.29. The molecule has 0 aliphatic rings. The molecule has 1 amide bonds. The van der Waals surface area contributed by atoms with Crippen LogP contribution >= 0.6 is 0 Å². The van der Waals surface area contributed by atoms with Crippen molar-refractivity contribution in [1.82, 2.24) is 15.1 Å². The van der Waals surface area contributed by atoms with E-state index in [9.17, 15) is 24.8 Å². The fraction of sp³-hybridized carbons (Fsp3) is 0.421. The molecule has 0 radical (unpaired) electrons. The molecular formula is C19H24N4O5. The smallest absolute Gasteiger partial charge is 0.306 e. The highest BCUT2D eigenvalue weighted by atomic mass is 16.6. The zero-order valence-corrected chi connectivity index (χ0v) is 16.1. The molecule has 150 valence electrons. The van der Waals surface area contributed by atoms with Gasteiger partial charge in [0, 0.05) is 13.0 Å². The molecule has 28 heavy (non-hydrogen) atoms. The summed E-state index contributed by atoms with van der Waals surface area (Å²) in [7, 11) is 0. The Morgan fingerprint density at radius 3 is 2.43 bits per heavy atom. The number of carboxylic acids is 1. The van der Waals surface area contributed by atoms with Crippen molar-refractivity contribution in [2.45, 2.75) is 51.6 Å².